The lowest BCUT2D eigenvalue weighted by atomic mass is 10.0. The van der Waals surface area contributed by atoms with Gasteiger partial charge in [-0.3, -0.25) is 14.4 Å². The van der Waals surface area contributed by atoms with Crippen molar-refractivity contribution in [1.82, 2.24) is 10.6 Å². The van der Waals surface area contributed by atoms with Crippen molar-refractivity contribution in [3.63, 3.8) is 0 Å². The Labute approximate surface area is 78.3 Å². The normalized spacial score (nSPS) is 18.0. The third-order valence-electron chi connectivity index (χ3n) is 1.49. The highest BCUT2D eigenvalue weighted by atomic mass is 32.1. The maximum absolute atomic E-state index is 11.0. The molecule has 1 aliphatic rings. The van der Waals surface area contributed by atoms with E-state index in [0.29, 0.717) is 0 Å². The summed E-state index contributed by atoms with van der Waals surface area (Å²) >= 11 is 4.52. The molecule has 7 heteroatoms. The van der Waals surface area contributed by atoms with E-state index in [0.717, 1.165) is 0 Å². The third kappa shape index (κ3) is 2.22. The zero-order valence-corrected chi connectivity index (χ0v) is 7.18. The molecule has 0 atom stereocenters. The molecule has 0 saturated carbocycles. The van der Waals surface area contributed by atoms with E-state index in [1.807, 2.05) is 0 Å². The minimum absolute atomic E-state index is 0.0864. The third-order valence-corrected chi connectivity index (χ3v) is 1.69. The Bertz CT molecular complexity index is 281. The molecule has 1 heterocycles. The van der Waals surface area contributed by atoms with Gasteiger partial charge in [0, 0.05) is 0 Å². The minimum Gasteiger partial charge on any atom is -0.481 e. The van der Waals surface area contributed by atoms with Gasteiger partial charge in [0.15, 0.2) is 5.11 Å². The molecule has 0 aliphatic carbocycles. The van der Waals surface area contributed by atoms with Crippen molar-refractivity contribution in [2.45, 2.75) is 6.42 Å². The number of hydrogen-bond acceptors (Lipinski definition) is 4. The van der Waals surface area contributed by atoms with Gasteiger partial charge in [-0.1, -0.05) is 0 Å². The first kappa shape index (κ1) is 9.59. The summed E-state index contributed by atoms with van der Waals surface area (Å²) in [4.78, 5) is 32.3. The predicted molar refractivity (Wildman–Crippen MR) is 44.6 cm³/mol. The van der Waals surface area contributed by atoms with Crippen LogP contribution < -0.4 is 10.6 Å². The smallest absolute Gasteiger partial charge is 0.304 e. The van der Waals surface area contributed by atoms with Crippen LogP contribution in [0.15, 0.2) is 0 Å². The van der Waals surface area contributed by atoms with Crippen LogP contribution >= 0.6 is 12.2 Å². The van der Waals surface area contributed by atoms with Gasteiger partial charge in [0.05, 0.1) is 6.42 Å². The van der Waals surface area contributed by atoms with Crippen LogP contribution in [0, 0.1) is 5.92 Å². The van der Waals surface area contributed by atoms with E-state index in [1.165, 1.54) is 0 Å². The number of thiocarbonyl (C=S) groups is 1. The van der Waals surface area contributed by atoms with Gasteiger partial charge in [-0.25, -0.2) is 0 Å². The number of hydrogen-bond donors (Lipinski definition) is 3. The van der Waals surface area contributed by atoms with Crippen molar-refractivity contribution in [1.29, 1.82) is 0 Å². The fourth-order valence-electron chi connectivity index (χ4n) is 0.908. The molecule has 0 radical (unpaired) electrons. The van der Waals surface area contributed by atoms with Gasteiger partial charge < -0.3 is 15.7 Å². The average Bonchev–Trinajstić information content (AvgIpc) is 1.96. The van der Waals surface area contributed by atoms with Crippen LogP contribution in [0.1, 0.15) is 6.42 Å². The lowest BCUT2D eigenvalue weighted by Gasteiger charge is -2.20. The summed E-state index contributed by atoms with van der Waals surface area (Å²) in [6.07, 6.45) is -0.527. The number of carboxylic acid groups (broad SMARTS) is 1. The van der Waals surface area contributed by atoms with Crippen molar-refractivity contribution < 1.29 is 19.5 Å². The summed E-state index contributed by atoms with van der Waals surface area (Å²) in [5, 5.41) is 12.6. The number of aliphatic carboxylic acids is 1. The van der Waals surface area contributed by atoms with Crippen LogP contribution in [-0.4, -0.2) is 28.0 Å². The highest BCUT2D eigenvalue weighted by Gasteiger charge is 2.34. The highest BCUT2D eigenvalue weighted by molar-refractivity contribution is 7.80. The van der Waals surface area contributed by atoms with Crippen molar-refractivity contribution in [2.24, 2.45) is 5.92 Å². The second-order valence-corrected chi connectivity index (χ2v) is 2.87. The molecule has 1 fully saturated rings. The highest BCUT2D eigenvalue weighted by Crippen LogP contribution is 2.06. The number of nitrogens with one attached hydrogen (secondary N) is 2. The van der Waals surface area contributed by atoms with E-state index < -0.39 is 30.1 Å². The second kappa shape index (κ2) is 3.48. The zero-order chi connectivity index (χ0) is 10.0. The molecular formula is C6H6N2O4S. The molecule has 0 unspecified atom stereocenters. The molecule has 0 aromatic heterocycles. The van der Waals surface area contributed by atoms with Crippen LogP contribution in [0.5, 0.6) is 0 Å². The molecular weight excluding hydrogens is 196 g/mol. The SMILES string of the molecule is O=C(O)CC1C(=O)NC(=S)NC1=O. The molecule has 0 bridgehead atoms. The Morgan fingerprint density at radius 3 is 2.23 bits per heavy atom. The van der Waals surface area contributed by atoms with Gasteiger partial charge in [-0.05, 0) is 12.2 Å². The van der Waals surface area contributed by atoms with Crippen LogP contribution in [-0.2, 0) is 14.4 Å². The van der Waals surface area contributed by atoms with Gasteiger partial charge >= 0.3 is 5.97 Å². The fourth-order valence-corrected chi connectivity index (χ4v) is 1.11. The molecule has 6 nitrogen and oxygen atoms in total. The van der Waals surface area contributed by atoms with E-state index in [4.69, 9.17) is 5.11 Å². The van der Waals surface area contributed by atoms with Crippen molar-refractivity contribution >= 4 is 35.1 Å². The summed E-state index contributed by atoms with van der Waals surface area (Å²) < 4.78 is 0. The molecule has 0 aromatic carbocycles. The molecule has 1 rings (SSSR count). The number of rotatable bonds is 2. The molecule has 0 spiro atoms. The van der Waals surface area contributed by atoms with Gasteiger partial charge in [0.1, 0.15) is 5.92 Å². The molecule has 0 aromatic rings. The van der Waals surface area contributed by atoms with Crippen LogP contribution in [0.2, 0.25) is 0 Å². The van der Waals surface area contributed by atoms with E-state index in [-0.39, 0.29) is 5.11 Å². The molecule has 1 aliphatic heterocycles. The number of amides is 2. The fraction of sp³-hybridized carbons (Fsp3) is 0.333. The summed E-state index contributed by atoms with van der Waals surface area (Å²) in [6, 6.07) is 0. The van der Waals surface area contributed by atoms with Gasteiger partial charge in [0.25, 0.3) is 0 Å². The average molecular weight is 202 g/mol. The Kier molecular flexibility index (Phi) is 2.57. The van der Waals surface area contributed by atoms with E-state index in [9.17, 15) is 14.4 Å². The quantitative estimate of drug-likeness (QED) is 0.378. The van der Waals surface area contributed by atoms with Gasteiger partial charge in [-0.2, -0.15) is 0 Å². The lowest BCUT2D eigenvalue weighted by molar-refractivity contribution is -0.145. The van der Waals surface area contributed by atoms with Crippen molar-refractivity contribution in [3.05, 3.63) is 0 Å². The molecule has 3 N–H and O–H groups in total. The zero-order valence-electron chi connectivity index (χ0n) is 6.36. The number of carbonyl (C=O) groups is 3. The summed E-state index contributed by atoms with van der Waals surface area (Å²) in [6.45, 7) is 0. The number of carboxylic acids is 1. The van der Waals surface area contributed by atoms with E-state index in [1.54, 1.807) is 0 Å². The number of carbonyl (C=O) groups excluding carboxylic acids is 2. The van der Waals surface area contributed by atoms with Crippen molar-refractivity contribution in [3.8, 4) is 0 Å². The van der Waals surface area contributed by atoms with E-state index >= 15 is 0 Å². The van der Waals surface area contributed by atoms with Gasteiger partial charge in [-0.15, -0.1) is 0 Å². The monoisotopic (exact) mass is 202 g/mol. The first-order chi connectivity index (χ1) is 6.00. The predicted octanol–water partition coefficient (Wildman–Crippen LogP) is -1.39. The van der Waals surface area contributed by atoms with Crippen molar-refractivity contribution in [2.75, 3.05) is 0 Å². The van der Waals surface area contributed by atoms with Crippen LogP contribution in [0.25, 0.3) is 0 Å². The molecule has 2 amide bonds. The lowest BCUT2D eigenvalue weighted by Crippen LogP contribution is -2.55. The molecule has 70 valence electrons. The topological polar surface area (TPSA) is 95.5 Å². The van der Waals surface area contributed by atoms with Crippen LogP contribution in [0.3, 0.4) is 0 Å². The second-order valence-electron chi connectivity index (χ2n) is 2.46. The van der Waals surface area contributed by atoms with E-state index in [2.05, 4.69) is 22.9 Å². The first-order valence-corrected chi connectivity index (χ1v) is 3.79. The molecule has 1 saturated heterocycles. The summed E-state index contributed by atoms with van der Waals surface area (Å²) in [5.74, 6) is -3.74. The first-order valence-electron chi connectivity index (χ1n) is 3.38. The Balaban J connectivity index is 2.73. The van der Waals surface area contributed by atoms with Gasteiger partial charge in [0.2, 0.25) is 11.8 Å². The summed E-state index contributed by atoms with van der Waals surface area (Å²) in [7, 11) is 0. The molecule has 13 heavy (non-hydrogen) atoms. The van der Waals surface area contributed by atoms with Crippen LogP contribution in [0.4, 0.5) is 0 Å². The largest absolute Gasteiger partial charge is 0.481 e. The Morgan fingerprint density at radius 2 is 1.85 bits per heavy atom. The summed E-state index contributed by atoms with van der Waals surface area (Å²) in [5.41, 5.74) is 0. The Hall–Kier alpha value is -1.50. The Morgan fingerprint density at radius 1 is 1.38 bits per heavy atom. The standard InChI is InChI=1S/C6H6N2O4S/c9-3(10)1-2-4(11)7-6(13)8-5(2)12/h2H,1H2,(H,9,10)(H2,7,8,11,12,13). The minimum atomic E-state index is -1.21. The maximum Gasteiger partial charge on any atom is 0.304 e. The maximum atomic E-state index is 11.0.